The zero-order valence-corrected chi connectivity index (χ0v) is 11.8. The van der Waals surface area contributed by atoms with Crippen LogP contribution in [-0.2, 0) is 6.54 Å². The second-order valence-electron chi connectivity index (χ2n) is 4.48. The summed E-state index contributed by atoms with van der Waals surface area (Å²) in [6.07, 6.45) is 2.83. The molecule has 0 saturated carbocycles. The number of hydrogen-bond donors (Lipinski definition) is 0. The molecule has 0 bridgehead atoms. The summed E-state index contributed by atoms with van der Waals surface area (Å²) in [5.74, 6) is 0. The number of halogens is 1. The summed E-state index contributed by atoms with van der Waals surface area (Å²) >= 11 is 3.45. The van der Waals surface area contributed by atoms with Crippen molar-refractivity contribution in [3.05, 3.63) is 70.3 Å². The number of benzene rings is 2. The van der Waals surface area contributed by atoms with E-state index in [2.05, 4.69) is 32.6 Å². The minimum atomic E-state index is 0.729. The molecule has 1 heterocycles. The first-order chi connectivity index (χ1) is 9.28. The average Bonchev–Trinajstić information content (AvgIpc) is 2.77. The average molecular weight is 314 g/mol. The van der Waals surface area contributed by atoms with Crippen LogP contribution in [0.25, 0.3) is 10.9 Å². The summed E-state index contributed by atoms with van der Waals surface area (Å²) in [6.45, 7) is 0.771. The first-order valence-electron chi connectivity index (χ1n) is 6.05. The Labute approximate surface area is 119 Å². The third-order valence-electron chi connectivity index (χ3n) is 3.20. The molecule has 1 aromatic heterocycles. The van der Waals surface area contributed by atoms with Gasteiger partial charge in [-0.25, -0.2) is 0 Å². The van der Waals surface area contributed by atoms with Crippen LogP contribution in [0, 0.1) is 0 Å². The summed E-state index contributed by atoms with van der Waals surface area (Å²) in [5, 5.41) is 0.986. The summed E-state index contributed by atoms with van der Waals surface area (Å²) < 4.78 is 3.10. The van der Waals surface area contributed by atoms with E-state index in [9.17, 15) is 4.79 Å². The molecule has 3 heteroatoms. The molecule has 0 saturated heterocycles. The molecule has 19 heavy (non-hydrogen) atoms. The van der Waals surface area contributed by atoms with E-state index >= 15 is 0 Å². The molecular weight excluding hydrogens is 302 g/mol. The summed E-state index contributed by atoms with van der Waals surface area (Å²) in [5.41, 5.74) is 3.03. The Morgan fingerprint density at radius 1 is 1.11 bits per heavy atom. The lowest BCUT2D eigenvalue weighted by molar-refractivity contribution is 0.112. The van der Waals surface area contributed by atoms with Crippen molar-refractivity contribution in [3.63, 3.8) is 0 Å². The first kappa shape index (κ1) is 12.2. The van der Waals surface area contributed by atoms with Crippen LogP contribution in [-0.4, -0.2) is 10.9 Å². The van der Waals surface area contributed by atoms with E-state index in [1.807, 2.05) is 42.6 Å². The van der Waals surface area contributed by atoms with Gasteiger partial charge in [-0.05, 0) is 23.8 Å². The maximum absolute atomic E-state index is 11.2. The van der Waals surface area contributed by atoms with Crippen molar-refractivity contribution in [2.75, 3.05) is 0 Å². The minimum absolute atomic E-state index is 0.729. The molecule has 94 valence electrons. The highest BCUT2D eigenvalue weighted by Crippen LogP contribution is 2.25. The molecule has 3 aromatic rings. The fourth-order valence-electron chi connectivity index (χ4n) is 2.30. The Morgan fingerprint density at radius 2 is 1.89 bits per heavy atom. The van der Waals surface area contributed by atoms with E-state index in [1.165, 1.54) is 5.56 Å². The molecule has 2 nitrogen and oxygen atoms in total. The molecule has 0 aliphatic heterocycles. The smallest absolute Gasteiger partial charge is 0.152 e. The van der Waals surface area contributed by atoms with Crippen LogP contribution in [0.4, 0.5) is 0 Å². The van der Waals surface area contributed by atoms with Gasteiger partial charge in [0.2, 0.25) is 0 Å². The SMILES string of the molecule is O=Cc1cn(Cc2ccccc2)c2ccc(Br)cc12. The molecular formula is C16H12BrNO. The summed E-state index contributed by atoms with van der Waals surface area (Å²) in [4.78, 5) is 11.2. The fourth-order valence-corrected chi connectivity index (χ4v) is 2.66. The maximum Gasteiger partial charge on any atom is 0.152 e. The number of hydrogen-bond acceptors (Lipinski definition) is 1. The van der Waals surface area contributed by atoms with E-state index in [0.717, 1.165) is 33.8 Å². The van der Waals surface area contributed by atoms with Gasteiger partial charge in [0, 0.05) is 33.7 Å². The molecule has 0 fully saturated rings. The number of carbonyl (C=O) groups excluding carboxylic acids is 1. The number of rotatable bonds is 3. The number of fused-ring (bicyclic) bond motifs is 1. The zero-order chi connectivity index (χ0) is 13.2. The van der Waals surface area contributed by atoms with Crippen LogP contribution in [0.1, 0.15) is 15.9 Å². The third kappa shape index (κ3) is 2.34. The minimum Gasteiger partial charge on any atom is -0.342 e. The van der Waals surface area contributed by atoms with Gasteiger partial charge in [-0.15, -0.1) is 0 Å². The van der Waals surface area contributed by atoms with Gasteiger partial charge >= 0.3 is 0 Å². The number of nitrogens with zero attached hydrogens (tertiary/aromatic N) is 1. The van der Waals surface area contributed by atoms with Gasteiger partial charge in [0.05, 0.1) is 0 Å². The molecule has 0 atom stereocenters. The molecule has 2 aromatic carbocycles. The van der Waals surface area contributed by atoms with Gasteiger partial charge in [-0.1, -0.05) is 46.3 Å². The Hall–Kier alpha value is -1.87. The summed E-state index contributed by atoms with van der Waals surface area (Å²) in [7, 11) is 0. The second kappa shape index (κ2) is 5.02. The summed E-state index contributed by atoms with van der Waals surface area (Å²) in [6, 6.07) is 16.3. The maximum atomic E-state index is 11.2. The van der Waals surface area contributed by atoms with Crippen molar-refractivity contribution in [2.45, 2.75) is 6.54 Å². The standard InChI is InChI=1S/C16H12BrNO/c17-14-6-7-16-15(8-14)13(11-19)10-18(16)9-12-4-2-1-3-5-12/h1-8,10-11H,9H2. The van der Waals surface area contributed by atoms with Crippen molar-refractivity contribution >= 4 is 33.1 Å². The predicted molar refractivity (Wildman–Crippen MR) is 80.6 cm³/mol. The van der Waals surface area contributed by atoms with Gasteiger partial charge in [-0.2, -0.15) is 0 Å². The van der Waals surface area contributed by atoms with Crippen molar-refractivity contribution in [2.24, 2.45) is 0 Å². The van der Waals surface area contributed by atoms with E-state index in [0.29, 0.717) is 0 Å². The fraction of sp³-hybridized carbons (Fsp3) is 0.0625. The zero-order valence-electron chi connectivity index (χ0n) is 10.2. The number of aldehydes is 1. The van der Waals surface area contributed by atoms with Crippen LogP contribution in [0.3, 0.4) is 0 Å². The van der Waals surface area contributed by atoms with E-state index in [-0.39, 0.29) is 0 Å². The Bertz CT molecular complexity index is 731. The largest absolute Gasteiger partial charge is 0.342 e. The molecule has 0 amide bonds. The Morgan fingerprint density at radius 3 is 2.63 bits per heavy atom. The lowest BCUT2D eigenvalue weighted by Crippen LogP contribution is -1.97. The van der Waals surface area contributed by atoms with E-state index in [1.54, 1.807) is 0 Å². The van der Waals surface area contributed by atoms with Crippen molar-refractivity contribution in [3.8, 4) is 0 Å². The highest BCUT2D eigenvalue weighted by Gasteiger charge is 2.08. The van der Waals surface area contributed by atoms with E-state index in [4.69, 9.17) is 0 Å². The third-order valence-corrected chi connectivity index (χ3v) is 3.69. The van der Waals surface area contributed by atoms with Crippen molar-refractivity contribution < 1.29 is 4.79 Å². The van der Waals surface area contributed by atoms with Crippen molar-refractivity contribution in [1.29, 1.82) is 0 Å². The monoisotopic (exact) mass is 313 g/mol. The molecule has 0 unspecified atom stereocenters. The topological polar surface area (TPSA) is 22.0 Å². The van der Waals surface area contributed by atoms with Crippen LogP contribution in [0.2, 0.25) is 0 Å². The van der Waals surface area contributed by atoms with Gasteiger partial charge < -0.3 is 4.57 Å². The van der Waals surface area contributed by atoms with Gasteiger partial charge in [0.25, 0.3) is 0 Å². The van der Waals surface area contributed by atoms with Crippen molar-refractivity contribution in [1.82, 2.24) is 4.57 Å². The molecule has 3 rings (SSSR count). The molecule has 0 aliphatic rings. The molecule has 0 radical (unpaired) electrons. The van der Waals surface area contributed by atoms with Crippen LogP contribution >= 0.6 is 15.9 Å². The lowest BCUT2D eigenvalue weighted by atomic mass is 10.2. The van der Waals surface area contributed by atoms with Crippen LogP contribution in [0.5, 0.6) is 0 Å². The van der Waals surface area contributed by atoms with Crippen LogP contribution in [0.15, 0.2) is 59.2 Å². The lowest BCUT2D eigenvalue weighted by Gasteiger charge is -2.05. The van der Waals surface area contributed by atoms with Crippen LogP contribution < -0.4 is 0 Å². The highest BCUT2D eigenvalue weighted by atomic mass is 79.9. The number of aromatic nitrogens is 1. The highest BCUT2D eigenvalue weighted by molar-refractivity contribution is 9.10. The Kier molecular flexibility index (Phi) is 3.22. The quantitative estimate of drug-likeness (QED) is 0.662. The van der Waals surface area contributed by atoms with Gasteiger partial charge in [0.1, 0.15) is 0 Å². The Balaban J connectivity index is 2.11. The first-order valence-corrected chi connectivity index (χ1v) is 6.85. The number of carbonyl (C=O) groups is 1. The van der Waals surface area contributed by atoms with Gasteiger partial charge in [0.15, 0.2) is 6.29 Å². The normalized spacial score (nSPS) is 10.8. The predicted octanol–water partition coefficient (Wildman–Crippen LogP) is 4.26. The van der Waals surface area contributed by atoms with E-state index < -0.39 is 0 Å². The second-order valence-corrected chi connectivity index (χ2v) is 5.39. The molecule has 0 aliphatic carbocycles. The van der Waals surface area contributed by atoms with Gasteiger partial charge in [-0.3, -0.25) is 4.79 Å². The molecule has 0 spiro atoms. The molecule has 0 N–H and O–H groups in total.